The third-order valence-electron chi connectivity index (χ3n) is 4.48. The standard InChI is InChI=1S/C19H24N4O3S/c1-26-15-10-8-13(9-11-15)20-17(24)12-16-18(25)21-19(27-16)23-22-14-6-4-2-3-5-7-14/h8-11,16H,2-7,12H2,1H3,(H,20,24)(H,21,23,25)/t16-/m0/s1. The molecule has 144 valence electrons. The van der Waals surface area contributed by atoms with Crippen molar-refractivity contribution in [1.29, 1.82) is 0 Å². The van der Waals surface area contributed by atoms with Crippen LogP contribution < -0.4 is 15.4 Å². The molecule has 1 saturated heterocycles. The van der Waals surface area contributed by atoms with Crippen molar-refractivity contribution >= 4 is 40.1 Å². The van der Waals surface area contributed by atoms with Crippen molar-refractivity contribution in [3.63, 3.8) is 0 Å². The molecule has 7 nitrogen and oxygen atoms in total. The van der Waals surface area contributed by atoms with Gasteiger partial charge in [-0.1, -0.05) is 24.6 Å². The first-order valence-corrected chi connectivity index (χ1v) is 10.1. The van der Waals surface area contributed by atoms with Crippen LogP contribution in [0, 0.1) is 0 Å². The molecule has 1 aliphatic carbocycles. The van der Waals surface area contributed by atoms with Gasteiger partial charge in [-0.2, -0.15) is 5.10 Å². The Kier molecular flexibility index (Phi) is 6.86. The van der Waals surface area contributed by atoms with Gasteiger partial charge in [0.25, 0.3) is 0 Å². The summed E-state index contributed by atoms with van der Waals surface area (Å²) < 4.78 is 5.09. The van der Waals surface area contributed by atoms with Crippen LogP contribution in [0.5, 0.6) is 5.75 Å². The van der Waals surface area contributed by atoms with Gasteiger partial charge in [-0.3, -0.25) is 9.59 Å². The number of nitrogens with zero attached hydrogens (tertiary/aromatic N) is 2. The van der Waals surface area contributed by atoms with Gasteiger partial charge >= 0.3 is 0 Å². The van der Waals surface area contributed by atoms with Crippen LogP contribution >= 0.6 is 11.8 Å². The summed E-state index contributed by atoms with van der Waals surface area (Å²) in [5.41, 5.74) is 1.76. The average Bonchev–Trinajstić information content (AvgIpc) is 2.86. The number of carbonyl (C=O) groups is 2. The Morgan fingerprint density at radius 3 is 2.56 bits per heavy atom. The van der Waals surface area contributed by atoms with E-state index in [1.807, 2.05) is 0 Å². The Balaban J connectivity index is 1.52. The largest absolute Gasteiger partial charge is 0.497 e. The fraction of sp³-hybridized carbons (Fsp3) is 0.474. The van der Waals surface area contributed by atoms with Gasteiger partial charge in [-0.15, -0.1) is 5.10 Å². The first kappa shape index (κ1) is 19.4. The van der Waals surface area contributed by atoms with Crippen molar-refractivity contribution in [3.05, 3.63) is 24.3 Å². The maximum Gasteiger partial charge on any atom is 0.240 e. The molecule has 1 aromatic carbocycles. The zero-order valence-electron chi connectivity index (χ0n) is 15.4. The van der Waals surface area contributed by atoms with E-state index in [1.165, 1.54) is 24.6 Å². The summed E-state index contributed by atoms with van der Waals surface area (Å²) >= 11 is 1.26. The molecular weight excluding hydrogens is 364 g/mol. The maximum atomic E-state index is 12.2. The van der Waals surface area contributed by atoms with E-state index >= 15 is 0 Å². The van der Waals surface area contributed by atoms with Gasteiger partial charge in [0.15, 0.2) is 5.17 Å². The second-order valence-corrected chi connectivity index (χ2v) is 7.75. The van der Waals surface area contributed by atoms with E-state index in [0.29, 0.717) is 10.9 Å². The topological polar surface area (TPSA) is 92.2 Å². The number of methoxy groups -OCH3 is 1. The fourth-order valence-electron chi connectivity index (χ4n) is 2.99. The van der Waals surface area contributed by atoms with Crippen LogP contribution in [0.3, 0.4) is 0 Å². The molecule has 8 heteroatoms. The van der Waals surface area contributed by atoms with Crippen molar-refractivity contribution in [2.45, 2.75) is 50.2 Å². The minimum atomic E-state index is -0.490. The van der Waals surface area contributed by atoms with E-state index < -0.39 is 5.25 Å². The monoisotopic (exact) mass is 388 g/mol. The third-order valence-corrected chi connectivity index (χ3v) is 5.56. The Morgan fingerprint density at radius 1 is 1.19 bits per heavy atom. The highest BCUT2D eigenvalue weighted by molar-refractivity contribution is 8.15. The van der Waals surface area contributed by atoms with Crippen LogP contribution in [0.25, 0.3) is 0 Å². The summed E-state index contributed by atoms with van der Waals surface area (Å²) in [6.45, 7) is 0. The van der Waals surface area contributed by atoms with Gasteiger partial charge in [0.2, 0.25) is 11.8 Å². The third kappa shape index (κ3) is 5.82. The Morgan fingerprint density at radius 2 is 1.89 bits per heavy atom. The molecule has 0 bridgehead atoms. The van der Waals surface area contributed by atoms with Crippen LogP contribution in [0.15, 0.2) is 34.5 Å². The normalized spacial score (nSPS) is 21.5. The number of ether oxygens (including phenoxy) is 1. The van der Waals surface area contributed by atoms with Crippen LogP contribution in [-0.2, 0) is 9.59 Å². The first-order chi connectivity index (χ1) is 13.1. The van der Waals surface area contributed by atoms with Crippen molar-refractivity contribution < 1.29 is 14.3 Å². The smallest absolute Gasteiger partial charge is 0.240 e. The lowest BCUT2D eigenvalue weighted by molar-refractivity contribution is -0.122. The van der Waals surface area contributed by atoms with Crippen molar-refractivity contribution in [3.8, 4) is 5.75 Å². The lowest BCUT2D eigenvalue weighted by Crippen LogP contribution is -2.28. The zero-order chi connectivity index (χ0) is 19.1. The minimum Gasteiger partial charge on any atom is -0.497 e. The molecule has 0 spiro atoms. The lowest BCUT2D eigenvalue weighted by atomic mass is 10.2. The molecule has 1 heterocycles. The SMILES string of the molecule is COc1ccc(NC(=O)C[C@@H]2S/C(=N/N=C3CCCCCC3)NC2=O)cc1. The molecular formula is C19H24N4O3S. The molecule has 0 unspecified atom stereocenters. The van der Waals surface area contributed by atoms with E-state index in [-0.39, 0.29) is 18.2 Å². The Hall–Kier alpha value is -2.35. The van der Waals surface area contributed by atoms with Gasteiger partial charge in [0, 0.05) is 17.8 Å². The number of amidine groups is 1. The van der Waals surface area contributed by atoms with Gasteiger partial charge < -0.3 is 15.4 Å². The van der Waals surface area contributed by atoms with Gasteiger partial charge in [-0.05, 0) is 49.9 Å². The Labute approximate surface area is 163 Å². The highest BCUT2D eigenvalue weighted by atomic mass is 32.2. The Bertz CT molecular complexity index is 736. The van der Waals surface area contributed by atoms with E-state index in [2.05, 4.69) is 20.8 Å². The molecule has 0 aromatic heterocycles. The molecule has 27 heavy (non-hydrogen) atoms. The fourth-order valence-corrected chi connectivity index (χ4v) is 3.91. The first-order valence-electron chi connectivity index (χ1n) is 9.19. The van der Waals surface area contributed by atoms with E-state index in [9.17, 15) is 9.59 Å². The molecule has 2 amide bonds. The molecule has 2 N–H and O–H groups in total. The minimum absolute atomic E-state index is 0.0815. The number of carbonyl (C=O) groups excluding carboxylic acids is 2. The zero-order valence-corrected chi connectivity index (χ0v) is 16.2. The lowest BCUT2D eigenvalue weighted by Gasteiger charge is -2.08. The van der Waals surface area contributed by atoms with Crippen LogP contribution in [0.4, 0.5) is 5.69 Å². The summed E-state index contributed by atoms with van der Waals surface area (Å²) in [6.07, 6.45) is 6.82. The van der Waals surface area contributed by atoms with E-state index in [0.717, 1.165) is 37.1 Å². The van der Waals surface area contributed by atoms with Gasteiger partial charge in [0.05, 0.1) is 7.11 Å². The predicted molar refractivity (Wildman–Crippen MR) is 108 cm³/mol. The molecule has 0 radical (unpaired) electrons. The number of hydrogen-bond acceptors (Lipinski definition) is 6. The summed E-state index contributed by atoms with van der Waals surface area (Å²) in [5, 5.41) is 14.0. The second-order valence-electron chi connectivity index (χ2n) is 6.56. The summed E-state index contributed by atoms with van der Waals surface area (Å²) in [4.78, 5) is 24.3. The number of nitrogens with one attached hydrogen (secondary N) is 2. The average molecular weight is 388 g/mol. The number of rotatable bonds is 5. The van der Waals surface area contributed by atoms with Gasteiger partial charge in [0.1, 0.15) is 11.0 Å². The van der Waals surface area contributed by atoms with E-state index in [4.69, 9.17) is 4.74 Å². The molecule has 3 rings (SSSR count). The summed E-state index contributed by atoms with van der Waals surface area (Å²) in [7, 11) is 1.59. The highest BCUT2D eigenvalue weighted by Gasteiger charge is 2.32. The van der Waals surface area contributed by atoms with Crippen molar-refractivity contribution in [2.75, 3.05) is 12.4 Å². The van der Waals surface area contributed by atoms with E-state index in [1.54, 1.807) is 31.4 Å². The number of anilines is 1. The molecule has 1 saturated carbocycles. The van der Waals surface area contributed by atoms with Crippen LogP contribution in [0.2, 0.25) is 0 Å². The summed E-state index contributed by atoms with van der Waals surface area (Å²) in [6, 6.07) is 7.05. The quantitative estimate of drug-likeness (QED) is 0.598. The van der Waals surface area contributed by atoms with Crippen molar-refractivity contribution in [1.82, 2.24) is 5.32 Å². The number of thioether (sulfide) groups is 1. The molecule has 1 aliphatic heterocycles. The molecule has 1 aromatic rings. The van der Waals surface area contributed by atoms with Crippen molar-refractivity contribution in [2.24, 2.45) is 10.2 Å². The maximum absolute atomic E-state index is 12.2. The number of hydrogen-bond donors (Lipinski definition) is 2. The predicted octanol–water partition coefficient (Wildman–Crippen LogP) is 3.32. The molecule has 2 aliphatic rings. The molecule has 1 atom stereocenters. The highest BCUT2D eigenvalue weighted by Crippen LogP contribution is 2.24. The summed E-state index contributed by atoms with van der Waals surface area (Å²) in [5.74, 6) is 0.295. The van der Waals surface area contributed by atoms with Crippen LogP contribution in [-0.4, -0.2) is 35.1 Å². The molecule has 2 fully saturated rings. The van der Waals surface area contributed by atoms with Gasteiger partial charge in [-0.25, -0.2) is 0 Å². The number of amides is 2. The second kappa shape index (κ2) is 9.55. The number of benzene rings is 1. The van der Waals surface area contributed by atoms with Crippen LogP contribution in [0.1, 0.15) is 44.9 Å².